The maximum atomic E-state index is 12.6. The van der Waals surface area contributed by atoms with E-state index in [1.165, 1.54) is 0 Å². The fourth-order valence-corrected chi connectivity index (χ4v) is 0.737. The van der Waals surface area contributed by atoms with Crippen LogP contribution in [0.25, 0.3) is 0 Å². The molecule has 0 unspecified atom stereocenters. The van der Waals surface area contributed by atoms with Crippen molar-refractivity contribution in [3.05, 3.63) is 33.6 Å². The first-order valence-electron chi connectivity index (χ1n) is 2.96. The smallest absolute Gasteiger partial charge is 0.344 e. The Morgan fingerprint density at radius 3 is 2.31 bits per heavy atom. The highest BCUT2D eigenvalue weighted by Gasteiger charge is 2.27. The molecule has 0 spiro atoms. The zero-order valence-electron chi connectivity index (χ0n) is 5.92. The van der Waals surface area contributed by atoms with Gasteiger partial charge >= 0.3 is 5.69 Å². The first-order valence-corrected chi connectivity index (χ1v) is 2.96. The highest BCUT2D eigenvalue weighted by atomic mass is 19.1. The van der Waals surface area contributed by atoms with E-state index >= 15 is 0 Å². The quantitative estimate of drug-likeness (QED) is 0.545. The Morgan fingerprint density at radius 2 is 1.85 bits per heavy atom. The minimum atomic E-state index is -1.91. The topological polar surface area (TPSA) is 63.4 Å². The number of phenols is 1. The van der Waals surface area contributed by atoms with Crippen LogP contribution in [0, 0.1) is 27.6 Å². The molecule has 0 aromatic heterocycles. The first kappa shape index (κ1) is 9.30. The molecule has 0 aliphatic heterocycles. The van der Waals surface area contributed by atoms with Crippen LogP contribution in [0.15, 0.2) is 6.07 Å². The van der Waals surface area contributed by atoms with Crippen molar-refractivity contribution in [1.29, 1.82) is 0 Å². The van der Waals surface area contributed by atoms with Crippen molar-refractivity contribution in [2.45, 2.75) is 0 Å². The van der Waals surface area contributed by atoms with Crippen molar-refractivity contribution in [3.8, 4) is 5.75 Å². The van der Waals surface area contributed by atoms with Crippen LogP contribution in [0.4, 0.5) is 18.9 Å². The van der Waals surface area contributed by atoms with Gasteiger partial charge in [-0.3, -0.25) is 10.1 Å². The molecule has 0 heterocycles. The Labute approximate surface area is 69.4 Å². The van der Waals surface area contributed by atoms with Gasteiger partial charge in [0.15, 0.2) is 11.6 Å². The molecule has 13 heavy (non-hydrogen) atoms. The summed E-state index contributed by atoms with van der Waals surface area (Å²) in [6, 6.07) is 0.0382. The number of benzene rings is 1. The molecule has 1 aromatic carbocycles. The van der Waals surface area contributed by atoms with Crippen LogP contribution >= 0.6 is 0 Å². The summed E-state index contributed by atoms with van der Waals surface area (Å²) in [4.78, 5) is 8.61. The van der Waals surface area contributed by atoms with E-state index in [4.69, 9.17) is 5.11 Å². The fourth-order valence-electron chi connectivity index (χ4n) is 0.737. The molecule has 1 N–H and O–H groups in total. The second kappa shape index (κ2) is 2.92. The number of hydrogen-bond donors (Lipinski definition) is 1. The number of aromatic hydroxyl groups is 1. The maximum absolute atomic E-state index is 12.6. The number of hydrogen-bond acceptors (Lipinski definition) is 3. The largest absolute Gasteiger partial charge is 0.503 e. The second-order valence-corrected chi connectivity index (χ2v) is 2.11. The summed E-state index contributed by atoms with van der Waals surface area (Å²) in [5.74, 6) is -6.73. The molecular formula is C6H2F3NO3. The highest BCUT2D eigenvalue weighted by Crippen LogP contribution is 2.30. The van der Waals surface area contributed by atoms with Crippen molar-refractivity contribution in [1.82, 2.24) is 0 Å². The maximum Gasteiger partial charge on any atom is 0.344 e. The summed E-state index contributed by atoms with van der Waals surface area (Å²) in [5.41, 5.74) is -1.57. The molecule has 0 fully saturated rings. The lowest BCUT2D eigenvalue weighted by atomic mass is 10.2. The summed E-state index contributed by atoms with van der Waals surface area (Å²) in [6.07, 6.45) is 0. The molecule has 0 atom stereocenters. The van der Waals surface area contributed by atoms with Gasteiger partial charge in [-0.1, -0.05) is 0 Å². The van der Waals surface area contributed by atoms with E-state index in [0.717, 1.165) is 0 Å². The van der Waals surface area contributed by atoms with Gasteiger partial charge in [-0.15, -0.1) is 0 Å². The Bertz CT molecular complexity index is 380. The molecule has 0 saturated carbocycles. The van der Waals surface area contributed by atoms with Crippen molar-refractivity contribution < 1.29 is 23.2 Å². The Balaban J connectivity index is 3.53. The van der Waals surface area contributed by atoms with Gasteiger partial charge < -0.3 is 5.11 Å². The molecule has 0 bridgehead atoms. The summed E-state index contributed by atoms with van der Waals surface area (Å²) in [5, 5.41) is 18.5. The predicted octanol–water partition coefficient (Wildman–Crippen LogP) is 1.72. The minimum absolute atomic E-state index is 0.0382. The van der Waals surface area contributed by atoms with E-state index in [9.17, 15) is 23.3 Å². The number of nitro benzene ring substituents is 1. The monoisotopic (exact) mass is 193 g/mol. The zero-order valence-corrected chi connectivity index (χ0v) is 5.92. The summed E-state index contributed by atoms with van der Waals surface area (Å²) in [6.45, 7) is 0. The van der Waals surface area contributed by atoms with Crippen LogP contribution in [0.3, 0.4) is 0 Å². The number of halogens is 3. The lowest BCUT2D eigenvalue weighted by Gasteiger charge is -1.98. The predicted molar refractivity (Wildman–Crippen MR) is 34.6 cm³/mol. The Hall–Kier alpha value is -1.79. The standard InChI is InChI=1S/C6H2F3NO3/c7-2-1-3(8)6(11)4(9)5(2)10(12)13/h1,11H. The fraction of sp³-hybridized carbons (Fsp3) is 0. The molecule has 1 rings (SSSR count). The molecule has 7 heteroatoms. The number of nitrogens with zero attached hydrogens (tertiary/aromatic N) is 1. The van der Waals surface area contributed by atoms with Crippen molar-refractivity contribution in [3.63, 3.8) is 0 Å². The van der Waals surface area contributed by atoms with Crippen LogP contribution in [0.1, 0.15) is 0 Å². The van der Waals surface area contributed by atoms with E-state index in [1.54, 1.807) is 0 Å². The van der Waals surface area contributed by atoms with Gasteiger partial charge in [-0.05, 0) is 0 Å². The lowest BCUT2D eigenvalue weighted by molar-refractivity contribution is -0.390. The summed E-state index contributed by atoms with van der Waals surface area (Å²) < 4.78 is 37.4. The Morgan fingerprint density at radius 1 is 1.31 bits per heavy atom. The van der Waals surface area contributed by atoms with Gasteiger partial charge in [0.25, 0.3) is 0 Å². The molecule has 0 aliphatic rings. The number of rotatable bonds is 1. The number of phenolic OH excluding ortho intramolecular Hbond substituents is 1. The van der Waals surface area contributed by atoms with Gasteiger partial charge in [0.05, 0.1) is 4.92 Å². The zero-order chi connectivity index (χ0) is 10.2. The third kappa shape index (κ3) is 1.40. The van der Waals surface area contributed by atoms with Gasteiger partial charge in [0, 0.05) is 6.07 Å². The minimum Gasteiger partial charge on any atom is -0.503 e. The van der Waals surface area contributed by atoms with E-state index in [1.807, 2.05) is 0 Å². The second-order valence-electron chi connectivity index (χ2n) is 2.11. The van der Waals surface area contributed by atoms with Gasteiger partial charge in [-0.2, -0.15) is 8.78 Å². The molecule has 4 nitrogen and oxygen atoms in total. The third-order valence-electron chi connectivity index (χ3n) is 1.30. The summed E-state index contributed by atoms with van der Waals surface area (Å²) >= 11 is 0. The SMILES string of the molecule is O=[N+]([O-])c1c(F)cc(F)c(O)c1F. The molecule has 0 aliphatic carbocycles. The Kier molecular flexibility index (Phi) is 2.09. The van der Waals surface area contributed by atoms with E-state index in [2.05, 4.69) is 0 Å². The number of nitro groups is 1. The van der Waals surface area contributed by atoms with Crippen molar-refractivity contribution >= 4 is 5.69 Å². The van der Waals surface area contributed by atoms with Crippen molar-refractivity contribution in [2.24, 2.45) is 0 Å². The van der Waals surface area contributed by atoms with Crippen LogP contribution in [0.2, 0.25) is 0 Å². The van der Waals surface area contributed by atoms with E-state index < -0.39 is 33.8 Å². The highest BCUT2D eigenvalue weighted by molar-refractivity contribution is 5.42. The molecule has 0 saturated heterocycles. The average molecular weight is 193 g/mol. The molecular weight excluding hydrogens is 191 g/mol. The van der Waals surface area contributed by atoms with Crippen LogP contribution in [-0.2, 0) is 0 Å². The van der Waals surface area contributed by atoms with Gasteiger partial charge in [0.1, 0.15) is 0 Å². The molecule has 70 valence electrons. The van der Waals surface area contributed by atoms with Crippen LogP contribution in [0.5, 0.6) is 5.75 Å². The van der Waals surface area contributed by atoms with Crippen molar-refractivity contribution in [2.75, 3.05) is 0 Å². The molecule has 0 radical (unpaired) electrons. The average Bonchev–Trinajstić information content (AvgIpc) is 1.99. The molecule has 1 aromatic rings. The third-order valence-corrected chi connectivity index (χ3v) is 1.30. The normalized spacial score (nSPS) is 10.1. The van der Waals surface area contributed by atoms with Crippen LogP contribution < -0.4 is 0 Å². The van der Waals surface area contributed by atoms with Crippen LogP contribution in [-0.4, -0.2) is 10.0 Å². The van der Waals surface area contributed by atoms with E-state index in [0.29, 0.717) is 0 Å². The van der Waals surface area contributed by atoms with E-state index in [-0.39, 0.29) is 6.07 Å². The first-order chi connectivity index (χ1) is 5.95. The van der Waals surface area contributed by atoms with Gasteiger partial charge in [0.2, 0.25) is 11.6 Å². The lowest BCUT2D eigenvalue weighted by Crippen LogP contribution is -1.98. The van der Waals surface area contributed by atoms with Gasteiger partial charge in [-0.25, -0.2) is 4.39 Å². The summed E-state index contributed by atoms with van der Waals surface area (Å²) in [7, 11) is 0. The molecule has 0 amide bonds.